The molecule has 3 aromatic rings. The third-order valence-corrected chi connectivity index (χ3v) is 3.81. The molecule has 0 saturated heterocycles. The van der Waals surface area contributed by atoms with E-state index < -0.39 is 0 Å². The molecule has 4 heteroatoms. The third-order valence-electron chi connectivity index (χ3n) is 3.81. The number of anilines is 2. The van der Waals surface area contributed by atoms with E-state index in [2.05, 4.69) is 31.4 Å². The Morgan fingerprint density at radius 3 is 2.20 bits per heavy atom. The zero-order chi connectivity index (χ0) is 18.0. The summed E-state index contributed by atoms with van der Waals surface area (Å²) in [5, 5.41) is 18.2. The molecule has 0 aliphatic carbocycles. The summed E-state index contributed by atoms with van der Waals surface area (Å²) in [6.45, 7) is 6.27. The molecule has 4 nitrogen and oxygen atoms in total. The molecule has 25 heavy (non-hydrogen) atoms. The SMILES string of the molecule is CC(C)(C)Nc1ccc(NC(=O)c2ccc3ccccc3c2O)cc1. The maximum Gasteiger partial charge on any atom is 0.259 e. The summed E-state index contributed by atoms with van der Waals surface area (Å²) in [6, 6.07) is 18.4. The van der Waals surface area contributed by atoms with Crippen molar-refractivity contribution >= 4 is 28.1 Å². The van der Waals surface area contributed by atoms with Gasteiger partial charge in [-0.3, -0.25) is 4.79 Å². The second kappa shape index (κ2) is 6.48. The Morgan fingerprint density at radius 2 is 1.52 bits per heavy atom. The van der Waals surface area contributed by atoms with E-state index >= 15 is 0 Å². The van der Waals surface area contributed by atoms with Crippen LogP contribution in [0.4, 0.5) is 11.4 Å². The Bertz CT molecular complexity index is 909. The second-order valence-electron chi connectivity index (χ2n) is 7.09. The molecule has 3 N–H and O–H groups in total. The number of carbonyl (C=O) groups excluding carboxylic acids is 1. The highest BCUT2D eigenvalue weighted by Gasteiger charge is 2.14. The van der Waals surface area contributed by atoms with Crippen molar-refractivity contribution in [3.05, 3.63) is 66.2 Å². The number of fused-ring (bicyclic) bond motifs is 1. The summed E-state index contributed by atoms with van der Waals surface area (Å²) < 4.78 is 0. The van der Waals surface area contributed by atoms with E-state index in [4.69, 9.17) is 0 Å². The molecule has 1 amide bonds. The van der Waals surface area contributed by atoms with E-state index in [-0.39, 0.29) is 22.8 Å². The van der Waals surface area contributed by atoms with Crippen molar-refractivity contribution in [2.75, 3.05) is 10.6 Å². The molecular formula is C21H22N2O2. The van der Waals surface area contributed by atoms with Gasteiger partial charge in [-0.15, -0.1) is 0 Å². The predicted molar refractivity (Wildman–Crippen MR) is 103 cm³/mol. The van der Waals surface area contributed by atoms with E-state index in [0.717, 1.165) is 11.1 Å². The lowest BCUT2D eigenvalue weighted by atomic mass is 10.0. The van der Waals surface area contributed by atoms with Crippen LogP contribution in [0.5, 0.6) is 5.75 Å². The number of hydrogen-bond acceptors (Lipinski definition) is 3. The number of aromatic hydroxyl groups is 1. The van der Waals surface area contributed by atoms with Crippen molar-refractivity contribution < 1.29 is 9.90 Å². The molecule has 0 heterocycles. The summed E-state index contributed by atoms with van der Waals surface area (Å²) in [5.41, 5.74) is 1.90. The van der Waals surface area contributed by atoms with Gasteiger partial charge in [0.1, 0.15) is 5.75 Å². The fraction of sp³-hybridized carbons (Fsp3) is 0.190. The average molecular weight is 334 g/mol. The maximum atomic E-state index is 12.5. The first-order valence-corrected chi connectivity index (χ1v) is 8.24. The van der Waals surface area contributed by atoms with Crippen molar-refractivity contribution in [1.82, 2.24) is 0 Å². The van der Waals surface area contributed by atoms with Crippen LogP contribution >= 0.6 is 0 Å². The topological polar surface area (TPSA) is 61.4 Å². The molecule has 3 aromatic carbocycles. The fourth-order valence-electron chi connectivity index (χ4n) is 2.71. The zero-order valence-electron chi connectivity index (χ0n) is 14.6. The van der Waals surface area contributed by atoms with Crippen LogP contribution in [0.15, 0.2) is 60.7 Å². The smallest absolute Gasteiger partial charge is 0.259 e. The molecule has 0 aliphatic heterocycles. The normalized spacial score (nSPS) is 11.3. The van der Waals surface area contributed by atoms with Gasteiger partial charge in [0.2, 0.25) is 0 Å². The summed E-state index contributed by atoms with van der Waals surface area (Å²) in [7, 11) is 0. The van der Waals surface area contributed by atoms with E-state index in [1.165, 1.54) is 0 Å². The number of amides is 1. The molecule has 0 unspecified atom stereocenters. The summed E-state index contributed by atoms with van der Waals surface area (Å²) in [6.07, 6.45) is 0. The standard InChI is InChI=1S/C21H22N2O2/c1-21(2,3)23-16-11-9-15(10-12-16)22-20(25)18-13-8-14-6-4-5-7-17(14)19(18)24/h4-13,23-24H,1-3H3,(H,22,25). The molecule has 0 spiro atoms. The maximum absolute atomic E-state index is 12.5. The van der Waals surface area contributed by atoms with Crippen molar-refractivity contribution in [1.29, 1.82) is 0 Å². The van der Waals surface area contributed by atoms with Gasteiger partial charge in [0.05, 0.1) is 5.56 Å². The van der Waals surface area contributed by atoms with Crippen LogP contribution in [0.1, 0.15) is 31.1 Å². The van der Waals surface area contributed by atoms with Crippen molar-refractivity contribution in [2.24, 2.45) is 0 Å². The van der Waals surface area contributed by atoms with Gasteiger partial charge in [-0.25, -0.2) is 0 Å². The highest BCUT2D eigenvalue weighted by atomic mass is 16.3. The van der Waals surface area contributed by atoms with Gasteiger partial charge in [0.25, 0.3) is 5.91 Å². The van der Waals surface area contributed by atoms with Crippen LogP contribution < -0.4 is 10.6 Å². The number of hydrogen-bond donors (Lipinski definition) is 3. The van der Waals surface area contributed by atoms with Gasteiger partial charge in [-0.05, 0) is 56.5 Å². The lowest BCUT2D eigenvalue weighted by molar-refractivity contribution is 0.102. The first-order valence-electron chi connectivity index (χ1n) is 8.24. The Balaban J connectivity index is 1.79. The Kier molecular flexibility index (Phi) is 4.36. The molecule has 0 aliphatic rings. The van der Waals surface area contributed by atoms with Crippen molar-refractivity contribution in [2.45, 2.75) is 26.3 Å². The first kappa shape index (κ1) is 16.8. The Hall–Kier alpha value is -3.01. The van der Waals surface area contributed by atoms with E-state index in [1.54, 1.807) is 12.1 Å². The highest BCUT2D eigenvalue weighted by Crippen LogP contribution is 2.29. The minimum atomic E-state index is -0.334. The van der Waals surface area contributed by atoms with Gasteiger partial charge in [-0.2, -0.15) is 0 Å². The van der Waals surface area contributed by atoms with Crippen LogP contribution in [0.2, 0.25) is 0 Å². The molecule has 0 atom stereocenters. The number of rotatable bonds is 3. The molecule has 3 rings (SSSR count). The molecule has 0 fully saturated rings. The highest BCUT2D eigenvalue weighted by molar-refractivity contribution is 6.09. The lowest BCUT2D eigenvalue weighted by Crippen LogP contribution is -2.25. The second-order valence-corrected chi connectivity index (χ2v) is 7.09. The van der Waals surface area contributed by atoms with E-state index in [1.807, 2.05) is 48.5 Å². The van der Waals surface area contributed by atoms with Gasteiger partial charge in [0.15, 0.2) is 0 Å². The largest absolute Gasteiger partial charge is 0.506 e. The molecule has 0 radical (unpaired) electrons. The summed E-state index contributed by atoms with van der Waals surface area (Å²) >= 11 is 0. The number of nitrogens with one attached hydrogen (secondary N) is 2. The minimum absolute atomic E-state index is 0.00150. The van der Waals surface area contributed by atoms with E-state index in [9.17, 15) is 9.90 Å². The van der Waals surface area contributed by atoms with Crippen LogP contribution in [0.25, 0.3) is 10.8 Å². The number of phenols is 1. The molecule has 0 bridgehead atoms. The number of phenolic OH excluding ortho intramolecular Hbond substituents is 1. The molecular weight excluding hydrogens is 312 g/mol. The van der Waals surface area contributed by atoms with Gasteiger partial charge >= 0.3 is 0 Å². The molecule has 128 valence electrons. The molecule has 0 saturated carbocycles. The molecule has 0 aromatic heterocycles. The van der Waals surface area contributed by atoms with Crippen LogP contribution in [-0.4, -0.2) is 16.6 Å². The number of carbonyl (C=O) groups is 1. The first-order chi connectivity index (χ1) is 11.8. The predicted octanol–water partition coefficient (Wildman–Crippen LogP) is 5.01. The monoisotopic (exact) mass is 334 g/mol. The Morgan fingerprint density at radius 1 is 0.880 bits per heavy atom. The zero-order valence-corrected chi connectivity index (χ0v) is 14.6. The van der Waals surface area contributed by atoms with Crippen LogP contribution in [-0.2, 0) is 0 Å². The van der Waals surface area contributed by atoms with Gasteiger partial charge < -0.3 is 15.7 Å². The minimum Gasteiger partial charge on any atom is -0.506 e. The van der Waals surface area contributed by atoms with Gasteiger partial charge in [0, 0.05) is 22.3 Å². The fourth-order valence-corrected chi connectivity index (χ4v) is 2.71. The quantitative estimate of drug-likeness (QED) is 0.631. The third kappa shape index (κ3) is 3.91. The van der Waals surface area contributed by atoms with Crippen LogP contribution in [0, 0.1) is 0 Å². The summed E-state index contributed by atoms with van der Waals surface area (Å²) in [5.74, 6) is -0.332. The van der Waals surface area contributed by atoms with Crippen molar-refractivity contribution in [3.63, 3.8) is 0 Å². The number of benzene rings is 3. The summed E-state index contributed by atoms with van der Waals surface area (Å²) in [4.78, 5) is 12.5. The van der Waals surface area contributed by atoms with E-state index in [0.29, 0.717) is 11.1 Å². The van der Waals surface area contributed by atoms with Crippen molar-refractivity contribution in [3.8, 4) is 5.75 Å². The van der Waals surface area contributed by atoms with Crippen LogP contribution in [0.3, 0.4) is 0 Å². The van der Waals surface area contributed by atoms with Gasteiger partial charge in [-0.1, -0.05) is 30.3 Å². The Labute approximate surface area is 147 Å². The average Bonchev–Trinajstić information content (AvgIpc) is 2.56. The lowest BCUT2D eigenvalue weighted by Gasteiger charge is -2.22.